The minimum Gasteiger partial charge on any atom is -0.325 e. The standard InChI is InChI=1S/C18H17N5O3S/c1-12-5-3-6-13(9-12)17-20-21-18(22(17)2)27-11-16(24)19-14-7-4-8-15(10-14)23(25)26/h3-10H,11H2,1-2H3,(H,19,24). The number of carbonyl (C=O) groups excluding carboxylic acids is 1. The number of aromatic nitrogens is 3. The topological polar surface area (TPSA) is 103 Å². The second kappa shape index (κ2) is 8.00. The number of nitro benzene ring substituents is 1. The molecule has 0 atom stereocenters. The van der Waals surface area contributed by atoms with Crippen molar-refractivity contribution < 1.29 is 9.72 Å². The third-order valence-corrected chi connectivity index (χ3v) is 4.80. The number of nitrogens with zero attached hydrogens (tertiary/aromatic N) is 4. The molecule has 0 aliphatic carbocycles. The highest BCUT2D eigenvalue weighted by Crippen LogP contribution is 2.23. The number of nitrogens with one attached hydrogen (secondary N) is 1. The number of hydrogen-bond donors (Lipinski definition) is 1. The van der Waals surface area contributed by atoms with Crippen molar-refractivity contribution in [3.05, 3.63) is 64.2 Å². The Morgan fingerprint density at radius 3 is 2.74 bits per heavy atom. The van der Waals surface area contributed by atoms with Crippen molar-refractivity contribution in [2.24, 2.45) is 7.05 Å². The molecular weight excluding hydrogens is 366 g/mol. The normalized spacial score (nSPS) is 10.6. The SMILES string of the molecule is Cc1cccc(-c2nnc(SCC(=O)Nc3cccc([N+](=O)[O-])c3)n2C)c1. The zero-order valence-corrected chi connectivity index (χ0v) is 15.6. The van der Waals surface area contributed by atoms with Crippen molar-refractivity contribution in [1.82, 2.24) is 14.8 Å². The van der Waals surface area contributed by atoms with E-state index in [1.54, 1.807) is 6.07 Å². The molecule has 1 aromatic heterocycles. The molecule has 0 unspecified atom stereocenters. The Morgan fingerprint density at radius 1 is 1.22 bits per heavy atom. The largest absolute Gasteiger partial charge is 0.325 e. The van der Waals surface area contributed by atoms with Gasteiger partial charge in [0.1, 0.15) is 0 Å². The molecule has 0 saturated heterocycles. The quantitative estimate of drug-likeness (QED) is 0.397. The van der Waals surface area contributed by atoms with E-state index in [1.807, 2.05) is 42.8 Å². The fraction of sp³-hybridized carbons (Fsp3) is 0.167. The highest BCUT2D eigenvalue weighted by molar-refractivity contribution is 7.99. The van der Waals surface area contributed by atoms with Crippen molar-refractivity contribution in [2.75, 3.05) is 11.1 Å². The summed E-state index contributed by atoms with van der Waals surface area (Å²) in [5.41, 5.74) is 2.39. The first-order valence-electron chi connectivity index (χ1n) is 8.07. The third-order valence-electron chi connectivity index (χ3n) is 3.78. The number of non-ortho nitro benzene ring substituents is 1. The summed E-state index contributed by atoms with van der Waals surface area (Å²) < 4.78 is 1.83. The lowest BCUT2D eigenvalue weighted by Crippen LogP contribution is -2.14. The number of rotatable bonds is 6. The van der Waals surface area contributed by atoms with Crippen LogP contribution in [0.2, 0.25) is 0 Å². The predicted octanol–water partition coefficient (Wildman–Crippen LogP) is 3.43. The first-order valence-corrected chi connectivity index (χ1v) is 9.06. The first-order chi connectivity index (χ1) is 12.9. The van der Waals surface area contributed by atoms with Gasteiger partial charge in [0.2, 0.25) is 5.91 Å². The molecule has 0 aliphatic rings. The van der Waals surface area contributed by atoms with Crippen LogP contribution >= 0.6 is 11.8 Å². The van der Waals surface area contributed by atoms with Crippen molar-refractivity contribution in [3.63, 3.8) is 0 Å². The summed E-state index contributed by atoms with van der Waals surface area (Å²) in [4.78, 5) is 22.4. The van der Waals surface area contributed by atoms with Gasteiger partial charge in [0, 0.05) is 30.4 Å². The number of benzene rings is 2. The van der Waals surface area contributed by atoms with Gasteiger partial charge < -0.3 is 9.88 Å². The Bertz CT molecular complexity index is 1000. The molecule has 0 radical (unpaired) electrons. The minimum atomic E-state index is -0.503. The van der Waals surface area contributed by atoms with Gasteiger partial charge in [-0.05, 0) is 19.1 Å². The molecule has 0 fully saturated rings. The van der Waals surface area contributed by atoms with E-state index in [0.29, 0.717) is 10.8 Å². The Kier molecular flexibility index (Phi) is 5.51. The van der Waals surface area contributed by atoms with Gasteiger partial charge in [-0.2, -0.15) is 0 Å². The van der Waals surface area contributed by atoms with E-state index in [2.05, 4.69) is 15.5 Å². The lowest BCUT2D eigenvalue weighted by Gasteiger charge is -2.06. The van der Waals surface area contributed by atoms with Crippen molar-refractivity contribution in [3.8, 4) is 11.4 Å². The number of aryl methyl sites for hydroxylation is 1. The average molecular weight is 383 g/mol. The maximum Gasteiger partial charge on any atom is 0.271 e. The van der Waals surface area contributed by atoms with E-state index in [4.69, 9.17) is 0 Å². The molecule has 3 aromatic rings. The summed E-state index contributed by atoms with van der Waals surface area (Å²) in [7, 11) is 1.85. The van der Waals surface area contributed by atoms with Crippen molar-refractivity contribution in [1.29, 1.82) is 0 Å². The monoisotopic (exact) mass is 383 g/mol. The Balaban J connectivity index is 1.64. The predicted molar refractivity (Wildman–Crippen MR) is 104 cm³/mol. The summed E-state index contributed by atoms with van der Waals surface area (Å²) in [6.07, 6.45) is 0. The second-order valence-corrected chi connectivity index (χ2v) is 6.82. The smallest absolute Gasteiger partial charge is 0.271 e. The number of amides is 1. The van der Waals surface area contributed by atoms with Gasteiger partial charge >= 0.3 is 0 Å². The maximum atomic E-state index is 12.1. The van der Waals surface area contributed by atoms with Crippen LogP contribution in [0.4, 0.5) is 11.4 Å². The molecule has 1 heterocycles. The van der Waals surface area contributed by atoms with E-state index >= 15 is 0 Å². The molecule has 1 amide bonds. The van der Waals surface area contributed by atoms with E-state index in [-0.39, 0.29) is 17.3 Å². The second-order valence-electron chi connectivity index (χ2n) is 5.88. The number of hydrogen-bond acceptors (Lipinski definition) is 6. The Morgan fingerprint density at radius 2 is 2.00 bits per heavy atom. The van der Waals surface area contributed by atoms with E-state index in [9.17, 15) is 14.9 Å². The molecule has 0 bridgehead atoms. The Hall–Kier alpha value is -3.20. The van der Waals surface area contributed by atoms with E-state index in [0.717, 1.165) is 17.0 Å². The highest BCUT2D eigenvalue weighted by atomic mass is 32.2. The molecule has 9 heteroatoms. The van der Waals surface area contributed by atoms with E-state index in [1.165, 1.54) is 30.0 Å². The fourth-order valence-corrected chi connectivity index (χ4v) is 3.21. The van der Waals surface area contributed by atoms with Crippen molar-refractivity contribution in [2.45, 2.75) is 12.1 Å². The van der Waals surface area contributed by atoms with Gasteiger partial charge in [-0.25, -0.2) is 0 Å². The molecule has 3 rings (SSSR count). The number of anilines is 1. The van der Waals surface area contributed by atoms with Gasteiger partial charge in [0.05, 0.1) is 10.7 Å². The summed E-state index contributed by atoms with van der Waals surface area (Å²) in [6, 6.07) is 13.8. The molecular formula is C18H17N5O3S. The van der Waals surface area contributed by atoms with E-state index < -0.39 is 4.92 Å². The summed E-state index contributed by atoms with van der Waals surface area (Å²) in [5, 5.41) is 22.4. The number of thioether (sulfide) groups is 1. The lowest BCUT2D eigenvalue weighted by atomic mass is 10.1. The van der Waals surface area contributed by atoms with Gasteiger partial charge in [-0.3, -0.25) is 14.9 Å². The molecule has 0 spiro atoms. The molecule has 27 heavy (non-hydrogen) atoms. The van der Waals surface area contributed by atoms with Gasteiger partial charge in [-0.15, -0.1) is 10.2 Å². The number of nitro groups is 1. The van der Waals surface area contributed by atoms with Crippen LogP contribution in [-0.4, -0.2) is 31.3 Å². The zero-order chi connectivity index (χ0) is 19.4. The summed E-state index contributed by atoms with van der Waals surface area (Å²) >= 11 is 1.25. The molecule has 2 aromatic carbocycles. The van der Waals surface area contributed by atoms with Gasteiger partial charge in [0.25, 0.3) is 5.69 Å². The van der Waals surface area contributed by atoms with Gasteiger partial charge in [-0.1, -0.05) is 41.6 Å². The third kappa shape index (κ3) is 4.50. The highest BCUT2D eigenvalue weighted by Gasteiger charge is 2.14. The maximum absolute atomic E-state index is 12.1. The summed E-state index contributed by atoms with van der Waals surface area (Å²) in [6.45, 7) is 2.01. The number of carbonyl (C=O) groups is 1. The first kappa shape index (κ1) is 18.6. The average Bonchev–Trinajstić information content (AvgIpc) is 3.01. The molecule has 138 valence electrons. The van der Waals surface area contributed by atoms with Crippen LogP contribution in [0.15, 0.2) is 53.7 Å². The minimum absolute atomic E-state index is 0.0726. The van der Waals surface area contributed by atoms with Crippen molar-refractivity contribution >= 4 is 29.0 Å². The molecule has 0 saturated carbocycles. The molecule has 1 N–H and O–H groups in total. The molecule has 0 aliphatic heterocycles. The fourth-order valence-electron chi connectivity index (χ4n) is 2.50. The van der Waals surface area contributed by atoms with Crippen LogP contribution in [0.1, 0.15) is 5.56 Å². The van der Waals surface area contributed by atoms with Crippen LogP contribution in [0.5, 0.6) is 0 Å². The van der Waals surface area contributed by atoms with Crippen LogP contribution in [0.3, 0.4) is 0 Å². The zero-order valence-electron chi connectivity index (χ0n) is 14.7. The van der Waals surface area contributed by atoms with Gasteiger partial charge in [0.15, 0.2) is 11.0 Å². The lowest BCUT2D eigenvalue weighted by molar-refractivity contribution is -0.384. The summed E-state index contributed by atoms with van der Waals surface area (Å²) in [5.74, 6) is 0.559. The molecule has 8 nitrogen and oxygen atoms in total. The van der Waals surface area contributed by atoms with Crippen LogP contribution in [0.25, 0.3) is 11.4 Å². The Labute approximate surface area is 159 Å². The van der Waals surface area contributed by atoms with Crippen LogP contribution in [0, 0.1) is 17.0 Å². The van der Waals surface area contributed by atoms with Crippen LogP contribution in [-0.2, 0) is 11.8 Å². The van der Waals surface area contributed by atoms with Crippen LogP contribution < -0.4 is 5.32 Å².